The van der Waals surface area contributed by atoms with Crippen molar-refractivity contribution < 1.29 is 18.3 Å². The van der Waals surface area contributed by atoms with Gasteiger partial charge in [0.2, 0.25) is 9.84 Å². The molecule has 16 heavy (non-hydrogen) atoms. The molecule has 0 atom stereocenters. The van der Waals surface area contributed by atoms with Crippen molar-refractivity contribution in [1.29, 1.82) is 0 Å². The molecule has 0 aliphatic heterocycles. The van der Waals surface area contributed by atoms with Gasteiger partial charge in [0.15, 0.2) is 9.77 Å². The first kappa shape index (κ1) is 11.1. The first-order valence-electron chi connectivity index (χ1n) is 4.90. The molecule has 1 fully saturated rings. The number of hydrogen-bond acceptors (Lipinski definition) is 4. The summed E-state index contributed by atoms with van der Waals surface area (Å²) < 4.78 is 22.6. The number of carboxylic acid groups (broad SMARTS) is 1. The van der Waals surface area contributed by atoms with E-state index in [0.717, 1.165) is 0 Å². The van der Waals surface area contributed by atoms with Gasteiger partial charge in [-0.05, 0) is 31.4 Å². The molecule has 1 saturated carbocycles. The van der Waals surface area contributed by atoms with Gasteiger partial charge in [0.1, 0.15) is 0 Å². The van der Waals surface area contributed by atoms with Crippen molar-refractivity contribution in [2.45, 2.75) is 29.0 Å². The molecule has 0 radical (unpaired) electrons. The summed E-state index contributed by atoms with van der Waals surface area (Å²) in [5.74, 6) is -1.27. The number of carbonyl (C=O) groups is 1. The second-order valence-electron chi connectivity index (χ2n) is 3.82. The van der Waals surface area contributed by atoms with Crippen LogP contribution < -0.4 is 0 Å². The standard InChI is InChI=1S/C10H11NO4S/c12-9(13)10(5-3-6-10)16(14,15)8-4-1-2-7-11-8/h1-2,4,7H,3,5-6H2,(H,12,13). The highest BCUT2D eigenvalue weighted by atomic mass is 32.2. The molecule has 0 amide bonds. The van der Waals surface area contributed by atoms with E-state index in [2.05, 4.69) is 4.98 Å². The monoisotopic (exact) mass is 241 g/mol. The second kappa shape index (κ2) is 3.55. The minimum atomic E-state index is -3.87. The highest BCUT2D eigenvalue weighted by Gasteiger charge is 2.56. The van der Waals surface area contributed by atoms with Gasteiger partial charge in [0.05, 0.1) is 0 Å². The molecule has 1 aliphatic rings. The summed E-state index contributed by atoms with van der Waals surface area (Å²) in [6.07, 6.45) is 2.31. The fourth-order valence-corrected chi connectivity index (χ4v) is 3.72. The molecule has 0 unspecified atom stereocenters. The van der Waals surface area contributed by atoms with E-state index in [9.17, 15) is 13.2 Å². The van der Waals surface area contributed by atoms with Crippen LogP contribution in [-0.4, -0.2) is 29.2 Å². The first-order valence-corrected chi connectivity index (χ1v) is 6.38. The number of nitrogens with zero attached hydrogens (tertiary/aromatic N) is 1. The Labute approximate surface area is 93.1 Å². The summed E-state index contributed by atoms with van der Waals surface area (Å²) in [4.78, 5) is 14.8. The van der Waals surface area contributed by atoms with Crippen LogP contribution in [-0.2, 0) is 14.6 Å². The van der Waals surface area contributed by atoms with E-state index >= 15 is 0 Å². The molecule has 0 spiro atoms. The normalized spacial score (nSPS) is 18.8. The minimum absolute atomic E-state index is 0.155. The average molecular weight is 241 g/mol. The average Bonchev–Trinajstić information content (AvgIpc) is 2.16. The summed E-state index contributed by atoms with van der Waals surface area (Å²) in [6.45, 7) is 0. The van der Waals surface area contributed by atoms with Gasteiger partial charge in [-0.1, -0.05) is 6.07 Å². The molecule has 1 aromatic rings. The topological polar surface area (TPSA) is 84.3 Å². The Bertz CT molecular complexity index is 505. The van der Waals surface area contributed by atoms with Gasteiger partial charge in [-0.25, -0.2) is 13.4 Å². The quantitative estimate of drug-likeness (QED) is 0.848. The van der Waals surface area contributed by atoms with Crippen molar-refractivity contribution >= 4 is 15.8 Å². The van der Waals surface area contributed by atoms with Crippen molar-refractivity contribution in [3.05, 3.63) is 24.4 Å². The highest BCUT2D eigenvalue weighted by Crippen LogP contribution is 2.42. The Balaban J connectivity index is 2.51. The third kappa shape index (κ3) is 1.33. The molecule has 1 aliphatic carbocycles. The number of rotatable bonds is 3. The van der Waals surface area contributed by atoms with E-state index in [-0.39, 0.29) is 17.9 Å². The Morgan fingerprint density at radius 2 is 2.06 bits per heavy atom. The molecular formula is C10H11NO4S. The highest BCUT2D eigenvalue weighted by molar-refractivity contribution is 7.93. The molecule has 0 saturated heterocycles. The van der Waals surface area contributed by atoms with Crippen molar-refractivity contribution in [2.75, 3.05) is 0 Å². The molecule has 1 aromatic heterocycles. The predicted molar refractivity (Wildman–Crippen MR) is 55.6 cm³/mol. The Morgan fingerprint density at radius 3 is 2.44 bits per heavy atom. The summed E-state index contributed by atoms with van der Waals surface area (Å²) in [6, 6.07) is 4.46. The van der Waals surface area contributed by atoms with Gasteiger partial charge in [-0.2, -0.15) is 0 Å². The van der Waals surface area contributed by atoms with E-state index in [0.29, 0.717) is 6.42 Å². The molecule has 6 heteroatoms. The zero-order valence-electron chi connectivity index (χ0n) is 8.46. The van der Waals surface area contributed by atoms with Gasteiger partial charge in [-0.3, -0.25) is 4.79 Å². The van der Waals surface area contributed by atoms with E-state index in [4.69, 9.17) is 5.11 Å². The molecule has 5 nitrogen and oxygen atoms in total. The van der Waals surface area contributed by atoms with Crippen LogP contribution in [0.3, 0.4) is 0 Å². The lowest BCUT2D eigenvalue weighted by atomic mass is 9.84. The van der Waals surface area contributed by atoms with Gasteiger partial charge >= 0.3 is 5.97 Å². The zero-order valence-corrected chi connectivity index (χ0v) is 9.27. The molecule has 0 aromatic carbocycles. The Morgan fingerprint density at radius 1 is 1.38 bits per heavy atom. The lowest BCUT2D eigenvalue weighted by Gasteiger charge is -2.36. The summed E-state index contributed by atoms with van der Waals surface area (Å²) in [7, 11) is -3.87. The smallest absolute Gasteiger partial charge is 0.325 e. The maximum absolute atomic E-state index is 12.1. The summed E-state index contributed by atoms with van der Waals surface area (Å²) >= 11 is 0. The van der Waals surface area contributed by atoms with E-state index in [1.807, 2.05) is 0 Å². The van der Waals surface area contributed by atoms with Crippen molar-refractivity contribution in [3.63, 3.8) is 0 Å². The van der Waals surface area contributed by atoms with Gasteiger partial charge in [0, 0.05) is 6.20 Å². The lowest BCUT2D eigenvalue weighted by Crippen LogP contribution is -2.52. The number of sulfone groups is 1. The SMILES string of the molecule is O=C(O)C1(S(=O)(=O)c2ccccn2)CCC1. The third-order valence-electron chi connectivity index (χ3n) is 2.98. The van der Waals surface area contributed by atoms with E-state index in [1.165, 1.54) is 18.3 Å². The van der Waals surface area contributed by atoms with Crippen LogP contribution in [0.2, 0.25) is 0 Å². The second-order valence-corrected chi connectivity index (χ2v) is 6.03. The largest absolute Gasteiger partial charge is 0.480 e. The van der Waals surface area contributed by atoms with Crippen LogP contribution in [0.25, 0.3) is 0 Å². The molecule has 2 rings (SSSR count). The van der Waals surface area contributed by atoms with Crippen molar-refractivity contribution in [2.24, 2.45) is 0 Å². The lowest BCUT2D eigenvalue weighted by molar-refractivity contribution is -0.142. The van der Waals surface area contributed by atoms with Gasteiger partial charge in [-0.15, -0.1) is 0 Å². The molecule has 86 valence electrons. The van der Waals surface area contributed by atoms with Crippen LogP contribution >= 0.6 is 0 Å². The number of hydrogen-bond donors (Lipinski definition) is 1. The number of aromatic nitrogens is 1. The fourth-order valence-electron chi connectivity index (χ4n) is 1.80. The fraction of sp³-hybridized carbons (Fsp3) is 0.400. The van der Waals surface area contributed by atoms with Crippen molar-refractivity contribution in [1.82, 2.24) is 4.98 Å². The zero-order chi connectivity index (χ0) is 11.8. The summed E-state index contributed by atoms with van der Waals surface area (Å²) in [5.41, 5.74) is 0. The number of aliphatic carboxylic acids is 1. The maximum Gasteiger partial charge on any atom is 0.325 e. The van der Waals surface area contributed by atoms with Gasteiger partial charge in [0.25, 0.3) is 0 Å². The number of carboxylic acids is 1. The van der Waals surface area contributed by atoms with E-state index in [1.54, 1.807) is 6.07 Å². The third-order valence-corrected chi connectivity index (χ3v) is 5.38. The Kier molecular flexibility index (Phi) is 2.46. The number of pyridine rings is 1. The van der Waals surface area contributed by atoms with Crippen molar-refractivity contribution in [3.8, 4) is 0 Å². The van der Waals surface area contributed by atoms with Crippen LogP contribution in [0, 0.1) is 0 Å². The minimum Gasteiger partial charge on any atom is -0.480 e. The maximum atomic E-state index is 12.1. The van der Waals surface area contributed by atoms with E-state index < -0.39 is 20.6 Å². The predicted octanol–water partition coefficient (Wildman–Crippen LogP) is 0.863. The summed E-state index contributed by atoms with van der Waals surface area (Å²) in [5, 5.41) is 8.92. The first-order chi connectivity index (χ1) is 7.51. The molecule has 0 bridgehead atoms. The molecule has 1 N–H and O–H groups in total. The van der Waals surface area contributed by atoms with Gasteiger partial charge < -0.3 is 5.11 Å². The van der Waals surface area contributed by atoms with Crippen LogP contribution in [0.4, 0.5) is 0 Å². The van der Waals surface area contributed by atoms with Crippen LogP contribution in [0.1, 0.15) is 19.3 Å². The van der Waals surface area contributed by atoms with Crippen LogP contribution in [0.5, 0.6) is 0 Å². The molecular weight excluding hydrogens is 230 g/mol. The Hall–Kier alpha value is -1.43. The van der Waals surface area contributed by atoms with Crippen LogP contribution in [0.15, 0.2) is 29.4 Å². The molecule has 1 heterocycles.